The lowest BCUT2D eigenvalue weighted by molar-refractivity contribution is 0.143. The van der Waals surface area contributed by atoms with Crippen molar-refractivity contribution in [2.45, 2.75) is 38.0 Å². The van der Waals surface area contributed by atoms with Crippen LogP contribution in [0.3, 0.4) is 0 Å². The van der Waals surface area contributed by atoms with Crippen molar-refractivity contribution >= 4 is 11.6 Å². The summed E-state index contributed by atoms with van der Waals surface area (Å²) in [6, 6.07) is 7.12. The zero-order valence-electron chi connectivity index (χ0n) is 8.88. The molecule has 1 rings (SSSR count). The van der Waals surface area contributed by atoms with Crippen molar-refractivity contribution in [3.63, 3.8) is 0 Å². The summed E-state index contributed by atoms with van der Waals surface area (Å²) in [5.74, 6) is 0.458. The molecule has 0 radical (unpaired) electrons. The first-order valence-electron chi connectivity index (χ1n) is 5.08. The van der Waals surface area contributed by atoms with Gasteiger partial charge in [0, 0.05) is 0 Å². The highest BCUT2D eigenvalue weighted by atomic mass is 35.5. The summed E-state index contributed by atoms with van der Waals surface area (Å²) < 4.78 is 24.6. The van der Waals surface area contributed by atoms with Crippen LogP contribution in [-0.2, 0) is 0 Å². The van der Waals surface area contributed by atoms with Crippen molar-refractivity contribution in [2.75, 3.05) is 0 Å². The number of benzene rings is 1. The Hall–Kier alpha value is -0.630. The van der Waals surface area contributed by atoms with Gasteiger partial charge >= 0.3 is 0 Å². The Balaban J connectivity index is 2.80. The molecule has 3 heteroatoms. The molecule has 15 heavy (non-hydrogen) atoms. The van der Waals surface area contributed by atoms with E-state index in [1.54, 1.807) is 12.1 Å². The minimum Gasteiger partial charge on any atom is -0.208 e. The van der Waals surface area contributed by atoms with Gasteiger partial charge in [0.2, 0.25) is 0 Å². The van der Waals surface area contributed by atoms with Crippen molar-refractivity contribution in [1.29, 1.82) is 0 Å². The number of hydrogen-bond acceptors (Lipinski definition) is 0. The molecule has 0 N–H and O–H groups in total. The fourth-order valence-corrected chi connectivity index (χ4v) is 1.54. The van der Waals surface area contributed by atoms with E-state index < -0.39 is 11.8 Å². The van der Waals surface area contributed by atoms with Gasteiger partial charge in [-0.05, 0) is 23.5 Å². The van der Waals surface area contributed by atoms with Crippen molar-refractivity contribution in [3.8, 4) is 0 Å². The molecule has 84 valence electrons. The number of hydrogen-bond donors (Lipinski definition) is 0. The fourth-order valence-electron chi connectivity index (χ4n) is 1.39. The Morgan fingerprint density at radius 1 is 1.13 bits per heavy atom. The second-order valence-electron chi connectivity index (χ2n) is 3.71. The monoisotopic (exact) mass is 232 g/mol. The van der Waals surface area contributed by atoms with E-state index in [9.17, 15) is 8.78 Å². The predicted molar refractivity (Wildman–Crippen MR) is 59.7 cm³/mol. The van der Waals surface area contributed by atoms with E-state index >= 15 is 0 Å². The molecular formula is C12H15ClF2. The summed E-state index contributed by atoms with van der Waals surface area (Å²) >= 11 is 5.56. The summed E-state index contributed by atoms with van der Waals surface area (Å²) in [5, 5.41) is -1.20. The van der Waals surface area contributed by atoms with Crippen LogP contribution in [0.25, 0.3) is 0 Å². The molecule has 0 heterocycles. The smallest absolute Gasteiger partial charge is 0.208 e. The SMILES string of the molecule is CCC(C)c1ccc(C(Cl)C(F)F)cc1. The molecule has 1 aromatic rings. The van der Waals surface area contributed by atoms with Gasteiger partial charge in [0.05, 0.1) is 0 Å². The third-order valence-electron chi connectivity index (χ3n) is 2.66. The summed E-state index contributed by atoms with van der Waals surface area (Å²) in [6.07, 6.45) is -1.47. The maximum Gasteiger partial charge on any atom is 0.258 e. The number of rotatable bonds is 4. The molecule has 0 amide bonds. The normalized spacial score (nSPS) is 15.3. The van der Waals surface area contributed by atoms with Gasteiger partial charge < -0.3 is 0 Å². The molecule has 2 unspecified atom stereocenters. The fraction of sp³-hybridized carbons (Fsp3) is 0.500. The second-order valence-corrected chi connectivity index (χ2v) is 4.18. The first kappa shape index (κ1) is 12.4. The molecule has 0 aliphatic rings. The van der Waals surface area contributed by atoms with Crippen LogP contribution in [0.2, 0.25) is 0 Å². The Morgan fingerprint density at radius 2 is 1.60 bits per heavy atom. The number of halogens is 3. The van der Waals surface area contributed by atoms with Gasteiger partial charge in [0.1, 0.15) is 5.38 Å². The highest BCUT2D eigenvalue weighted by Gasteiger charge is 2.19. The van der Waals surface area contributed by atoms with E-state index in [0.29, 0.717) is 11.5 Å². The summed E-state index contributed by atoms with van der Waals surface area (Å²) in [4.78, 5) is 0. The molecule has 0 aromatic heterocycles. The van der Waals surface area contributed by atoms with Gasteiger partial charge in [-0.15, -0.1) is 11.6 Å². The number of alkyl halides is 3. The van der Waals surface area contributed by atoms with Crippen molar-refractivity contribution in [1.82, 2.24) is 0 Å². The van der Waals surface area contributed by atoms with Gasteiger partial charge in [-0.2, -0.15) is 0 Å². The van der Waals surface area contributed by atoms with Crippen LogP contribution in [-0.4, -0.2) is 6.43 Å². The van der Waals surface area contributed by atoms with E-state index in [1.165, 1.54) is 5.56 Å². The van der Waals surface area contributed by atoms with Crippen LogP contribution in [0.4, 0.5) is 8.78 Å². The molecule has 0 bridgehead atoms. The Kier molecular flexibility index (Phi) is 4.52. The van der Waals surface area contributed by atoms with Crippen molar-refractivity contribution in [3.05, 3.63) is 35.4 Å². The standard InChI is InChI=1S/C12H15ClF2/c1-3-8(2)9-4-6-10(7-5-9)11(13)12(14)15/h4-8,11-12H,3H2,1-2H3. The molecule has 0 saturated carbocycles. The summed E-state index contributed by atoms with van der Waals surface area (Å²) in [6.45, 7) is 4.21. The Labute approximate surface area is 94.3 Å². The minimum atomic E-state index is -2.51. The lowest BCUT2D eigenvalue weighted by Crippen LogP contribution is -2.02. The van der Waals surface area contributed by atoms with Crippen LogP contribution in [0.1, 0.15) is 42.7 Å². The molecule has 0 saturated heterocycles. The summed E-state index contributed by atoms with van der Waals surface area (Å²) in [7, 11) is 0. The first-order chi connectivity index (χ1) is 7.06. The lowest BCUT2D eigenvalue weighted by Gasteiger charge is -2.12. The van der Waals surface area contributed by atoms with E-state index in [-0.39, 0.29) is 0 Å². The van der Waals surface area contributed by atoms with Crippen LogP contribution < -0.4 is 0 Å². The van der Waals surface area contributed by atoms with Crippen LogP contribution in [0.15, 0.2) is 24.3 Å². The zero-order valence-corrected chi connectivity index (χ0v) is 9.64. The maximum atomic E-state index is 12.3. The van der Waals surface area contributed by atoms with Crippen LogP contribution in [0, 0.1) is 0 Å². The zero-order chi connectivity index (χ0) is 11.4. The van der Waals surface area contributed by atoms with Crippen molar-refractivity contribution in [2.24, 2.45) is 0 Å². The molecule has 0 nitrogen and oxygen atoms in total. The van der Waals surface area contributed by atoms with Gasteiger partial charge in [0.25, 0.3) is 6.43 Å². The van der Waals surface area contributed by atoms with Gasteiger partial charge in [-0.1, -0.05) is 38.1 Å². The molecule has 1 aromatic carbocycles. The quantitative estimate of drug-likeness (QED) is 0.658. The molecule has 2 atom stereocenters. The van der Waals surface area contributed by atoms with E-state index in [2.05, 4.69) is 13.8 Å². The van der Waals surface area contributed by atoms with Gasteiger partial charge in [0.15, 0.2) is 0 Å². The second kappa shape index (κ2) is 5.45. The van der Waals surface area contributed by atoms with Gasteiger partial charge in [-0.25, -0.2) is 8.78 Å². The van der Waals surface area contributed by atoms with E-state index in [4.69, 9.17) is 11.6 Å². The first-order valence-corrected chi connectivity index (χ1v) is 5.52. The maximum absolute atomic E-state index is 12.3. The topological polar surface area (TPSA) is 0 Å². The Bertz CT molecular complexity index is 295. The van der Waals surface area contributed by atoms with Crippen LogP contribution >= 0.6 is 11.6 Å². The molecular weight excluding hydrogens is 218 g/mol. The third-order valence-corrected chi connectivity index (χ3v) is 3.10. The van der Waals surface area contributed by atoms with Crippen LogP contribution in [0.5, 0.6) is 0 Å². The minimum absolute atomic E-state index is 0.458. The lowest BCUT2D eigenvalue weighted by atomic mass is 9.97. The molecule has 0 aliphatic carbocycles. The highest BCUT2D eigenvalue weighted by Crippen LogP contribution is 2.28. The third kappa shape index (κ3) is 3.16. The average molecular weight is 233 g/mol. The largest absolute Gasteiger partial charge is 0.258 e. The van der Waals surface area contributed by atoms with Crippen molar-refractivity contribution < 1.29 is 8.78 Å². The highest BCUT2D eigenvalue weighted by molar-refractivity contribution is 6.21. The predicted octanol–water partition coefficient (Wildman–Crippen LogP) is 4.75. The molecule has 0 fully saturated rings. The van der Waals surface area contributed by atoms with Gasteiger partial charge in [-0.3, -0.25) is 0 Å². The van der Waals surface area contributed by atoms with E-state index in [1.807, 2.05) is 12.1 Å². The Morgan fingerprint density at radius 3 is 2.00 bits per heavy atom. The van der Waals surface area contributed by atoms with E-state index in [0.717, 1.165) is 6.42 Å². The molecule has 0 spiro atoms. The average Bonchev–Trinajstić information content (AvgIpc) is 2.27. The summed E-state index contributed by atoms with van der Waals surface area (Å²) in [5.41, 5.74) is 1.65. The molecule has 0 aliphatic heterocycles.